The third-order valence-corrected chi connectivity index (χ3v) is 3.68. The Morgan fingerprint density at radius 3 is 2.76 bits per heavy atom. The molecule has 0 bridgehead atoms. The van der Waals surface area contributed by atoms with Gasteiger partial charge in [0.05, 0.1) is 26.6 Å². The first-order chi connectivity index (χ1) is 11.7. The van der Waals surface area contributed by atoms with Crippen molar-refractivity contribution in [3.8, 4) is 0 Å². The van der Waals surface area contributed by atoms with E-state index in [1.165, 1.54) is 0 Å². The number of hydrogen-bond acceptors (Lipinski definition) is 9. The van der Waals surface area contributed by atoms with Crippen molar-refractivity contribution in [3.05, 3.63) is 47.9 Å². The quantitative estimate of drug-likeness (QED) is 0.291. The van der Waals surface area contributed by atoms with Crippen LogP contribution in [0.1, 0.15) is 12.6 Å². The van der Waals surface area contributed by atoms with Crippen molar-refractivity contribution in [3.63, 3.8) is 0 Å². The monoisotopic (exact) mass is 372 g/mol. The van der Waals surface area contributed by atoms with Gasteiger partial charge in [-0.15, -0.1) is 0 Å². The van der Waals surface area contributed by atoms with Crippen LogP contribution >= 0.6 is 7.82 Å². The zero-order valence-corrected chi connectivity index (χ0v) is 13.1. The van der Waals surface area contributed by atoms with Crippen LogP contribution in [0.2, 0.25) is 0 Å². The maximum Gasteiger partial charge on any atom is 0.330 e. The lowest BCUT2D eigenvalue weighted by atomic mass is 10.1. The fraction of sp³-hybridized carbons (Fsp3) is 0.556. The Labute approximate surface area is 137 Å². The van der Waals surface area contributed by atoms with Crippen LogP contribution < -0.4 is 21.0 Å². The number of aromatic nitrogens is 2. The van der Waals surface area contributed by atoms with Crippen molar-refractivity contribution in [1.82, 2.24) is 9.55 Å². The van der Waals surface area contributed by atoms with Gasteiger partial charge in [-0.05, 0) is 11.1 Å². The maximum atomic E-state index is 11.9. The molecule has 15 nitrogen and oxygen atoms in total. The summed E-state index contributed by atoms with van der Waals surface area (Å²) < 4.78 is 20.9. The predicted molar refractivity (Wildman–Crippen MR) is 75.1 cm³/mol. The summed E-state index contributed by atoms with van der Waals surface area (Å²) in [5, 5.41) is 6.52. The third kappa shape index (κ3) is 4.68. The van der Waals surface area contributed by atoms with Gasteiger partial charge in [-0.2, -0.15) is 0 Å². The number of ether oxygens (including phenoxy) is 1. The number of nitrogens with zero attached hydrogens (tertiary/aromatic N) is 7. The van der Waals surface area contributed by atoms with Gasteiger partial charge in [0.25, 0.3) is 5.56 Å². The highest BCUT2D eigenvalue weighted by Crippen LogP contribution is 2.33. The molecule has 16 heteroatoms. The van der Waals surface area contributed by atoms with Gasteiger partial charge in [-0.25, -0.2) is 4.79 Å². The van der Waals surface area contributed by atoms with Crippen molar-refractivity contribution in [2.45, 2.75) is 24.8 Å². The summed E-state index contributed by atoms with van der Waals surface area (Å²) >= 11 is 0. The van der Waals surface area contributed by atoms with E-state index >= 15 is 0 Å². The molecule has 0 aliphatic carbocycles. The Hall–Kier alpha value is -2.63. The molecule has 1 unspecified atom stereocenters. The highest BCUT2D eigenvalue weighted by molar-refractivity contribution is 7.43. The summed E-state index contributed by atoms with van der Waals surface area (Å²) in [6.07, 6.45) is -1.35. The highest BCUT2D eigenvalue weighted by atomic mass is 31.2. The van der Waals surface area contributed by atoms with E-state index in [1.54, 1.807) is 0 Å². The van der Waals surface area contributed by atoms with Gasteiger partial charge in [0, 0.05) is 22.4 Å². The first kappa shape index (κ1) is 18.7. The third-order valence-electron chi connectivity index (χ3n) is 3.21. The second-order valence-electron chi connectivity index (χ2n) is 4.75. The predicted octanol–water partition coefficient (Wildman–Crippen LogP) is -0.710. The molecule has 0 saturated carbocycles. The molecular weight excluding hydrogens is 363 g/mol. The van der Waals surface area contributed by atoms with Crippen LogP contribution in [-0.2, 0) is 13.8 Å². The molecule has 134 valence electrons. The van der Waals surface area contributed by atoms with E-state index in [0.29, 0.717) is 0 Å². The standard InChI is InChI=1S/C9H11N8O7P/c10-15-13-4-1-7(24-6(4)3-23-25(20,21)22)17-2-5(14-16-11)8(18)12-9(17)19/h2,4,6-7H,1,3H2,(H,12,18,19)(H2,20,21,22)/p-2/t4?,6-,7-/m1/s1. The molecule has 3 atom stereocenters. The Morgan fingerprint density at radius 2 is 2.16 bits per heavy atom. The SMILES string of the molecule is [N-]=[N+]=Nc1cn([C@H]2CC(N=[N+]=[N-])[C@@H](COP(=O)([O-])[O-])O2)c(=O)[nH]c1=O. The van der Waals surface area contributed by atoms with Gasteiger partial charge in [-0.1, -0.05) is 10.2 Å². The number of H-pyrrole nitrogens is 1. The van der Waals surface area contributed by atoms with Crippen LogP contribution in [0.4, 0.5) is 5.69 Å². The second-order valence-corrected chi connectivity index (χ2v) is 5.90. The number of azide groups is 2. The van der Waals surface area contributed by atoms with Gasteiger partial charge in [0.2, 0.25) is 0 Å². The van der Waals surface area contributed by atoms with Gasteiger partial charge in [0.15, 0.2) is 0 Å². The molecule has 0 aromatic carbocycles. The highest BCUT2D eigenvalue weighted by Gasteiger charge is 2.36. The zero-order chi connectivity index (χ0) is 18.6. The summed E-state index contributed by atoms with van der Waals surface area (Å²) in [7, 11) is -5.27. The summed E-state index contributed by atoms with van der Waals surface area (Å²) in [6, 6.07) is -0.941. The second kappa shape index (κ2) is 7.51. The minimum atomic E-state index is -5.27. The summed E-state index contributed by atoms with van der Waals surface area (Å²) in [4.78, 5) is 51.4. The number of rotatable bonds is 6. The Bertz CT molecular complexity index is 907. The van der Waals surface area contributed by atoms with E-state index in [-0.39, 0.29) is 6.42 Å². The Balaban J connectivity index is 2.32. The molecule has 2 rings (SSSR count). The fourth-order valence-electron chi connectivity index (χ4n) is 2.20. The largest absolute Gasteiger partial charge is 0.790 e. The number of phosphoric acid groups is 1. The van der Waals surface area contributed by atoms with Crippen LogP contribution in [0.3, 0.4) is 0 Å². The minimum Gasteiger partial charge on any atom is -0.790 e. The average Bonchev–Trinajstić information content (AvgIpc) is 2.90. The molecule has 2 heterocycles. The van der Waals surface area contributed by atoms with Crippen molar-refractivity contribution in [2.75, 3.05) is 6.61 Å². The summed E-state index contributed by atoms with van der Waals surface area (Å²) in [5.74, 6) is 0. The summed E-state index contributed by atoms with van der Waals surface area (Å²) in [5.41, 5.74) is 14.7. The van der Waals surface area contributed by atoms with Crippen LogP contribution in [0.15, 0.2) is 26.0 Å². The molecule has 1 aromatic rings. The van der Waals surface area contributed by atoms with Crippen LogP contribution in [0.5, 0.6) is 0 Å². The smallest absolute Gasteiger partial charge is 0.330 e. The molecule has 25 heavy (non-hydrogen) atoms. The molecule has 1 aliphatic heterocycles. The minimum absolute atomic E-state index is 0.0816. The van der Waals surface area contributed by atoms with Gasteiger partial charge < -0.3 is 23.6 Å². The lowest BCUT2D eigenvalue weighted by Gasteiger charge is -2.30. The Kier molecular flexibility index (Phi) is 5.62. The zero-order valence-electron chi connectivity index (χ0n) is 12.2. The van der Waals surface area contributed by atoms with E-state index in [1.807, 2.05) is 4.98 Å². The number of phosphoric ester groups is 1. The van der Waals surface area contributed by atoms with Crippen molar-refractivity contribution < 1.29 is 23.6 Å². The number of aromatic amines is 1. The van der Waals surface area contributed by atoms with Gasteiger partial charge >= 0.3 is 5.69 Å². The molecule has 0 spiro atoms. The van der Waals surface area contributed by atoms with E-state index in [4.69, 9.17) is 15.8 Å². The maximum absolute atomic E-state index is 11.9. The first-order valence-corrected chi connectivity index (χ1v) is 7.98. The molecule has 0 amide bonds. The first-order valence-electron chi connectivity index (χ1n) is 6.52. The van der Waals surface area contributed by atoms with Crippen LogP contribution in [-0.4, -0.2) is 28.3 Å². The van der Waals surface area contributed by atoms with E-state index in [2.05, 4.69) is 24.6 Å². The Morgan fingerprint density at radius 1 is 1.44 bits per heavy atom. The van der Waals surface area contributed by atoms with Crippen LogP contribution in [0, 0.1) is 0 Å². The van der Waals surface area contributed by atoms with Gasteiger partial charge in [0.1, 0.15) is 11.9 Å². The normalized spacial score (nSPS) is 22.9. The lowest BCUT2D eigenvalue weighted by molar-refractivity contribution is -0.343. The molecule has 0 radical (unpaired) electrons. The van der Waals surface area contributed by atoms with E-state index in [0.717, 1.165) is 10.8 Å². The fourth-order valence-corrected chi connectivity index (χ4v) is 2.53. The molecule has 1 aromatic heterocycles. The molecule has 1 fully saturated rings. The van der Waals surface area contributed by atoms with Crippen LogP contribution in [0.25, 0.3) is 20.9 Å². The van der Waals surface area contributed by atoms with Crippen molar-refractivity contribution in [2.24, 2.45) is 10.2 Å². The lowest BCUT2D eigenvalue weighted by Crippen LogP contribution is -2.32. The molecular formula is C9H9N8O7P-2. The number of hydrogen-bond donors (Lipinski definition) is 1. The average molecular weight is 372 g/mol. The number of nitrogens with one attached hydrogen (secondary N) is 1. The molecule has 1 aliphatic rings. The molecule has 1 saturated heterocycles. The van der Waals surface area contributed by atoms with Crippen molar-refractivity contribution in [1.29, 1.82) is 0 Å². The van der Waals surface area contributed by atoms with E-state index in [9.17, 15) is 23.9 Å². The topological polar surface area (TPSA) is 234 Å². The molecule has 1 N–H and O–H groups in total. The van der Waals surface area contributed by atoms with Gasteiger partial charge in [-0.3, -0.25) is 14.3 Å². The van der Waals surface area contributed by atoms with E-state index < -0.39 is 49.7 Å². The summed E-state index contributed by atoms with van der Waals surface area (Å²) in [6.45, 7) is -0.716. The van der Waals surface area contributed by atoms with Crippen molar-refractivity contribution >= 4 is 13.5 Å².